The van der Waals surface area contributed by atoms with Crippen molar-refractivity contribution >= 4 is 17.9 Å². The van der Waals surface area contributed by atoms with Crippen LogP contribution in [-0.2, 0) is 31.0 Å². The van der Waals surface area contributed by atoms with E-state index in [1.807, 2.05) is 0 Å². The number of carbonyl (C=O) groups excluding carboxylic acids is 1. The predicted octanol–water partition coefficient (Wildman–Crippen LogP) is 6.76. The van der Waals surface area contributed by atoms with Crippen LogP contribution in [0.3, 0.4) is 0 Å². The highest BCUT2D eigenvalue weighted by molar-refractivity contribution is 5.77. The molecule has 0 spiro atoms. The molecule has 240 valence electrons. The number of aliphatic carboxylic acids is 2. The minimum atomic E-state index is -1.01. The zero-order chi connectivity index (χ0) is 31.9. The van der Waals surface area contributed by atoms with Crippen molar-refractivity contribution in [3.8, 4) is 0 Å². The number of allylic oxidation sites excluding steroid dienone is 2. The molecule has 8 atom stereocenters. The number of hydrogen-bond acceptors (Lipinski definition) is 6. The number of carboxylic acid groups (broad SMARTS) is 2. The van der Waals surface area contributed by atoms with Gasteiger partial charge in [-0.05, 0) is 97.2 Å². The van der Waals surface area contributed by atoms with Gasteiger partial charge in [0.25, 0.3) is 0 Å². The molecule has 1 aromatic rings. The Morgan fingerprint density at radius 2 is 1.61 bits per heavy atom. The number of carboxylic acids is 2. The average molecular weight is 607 g/mol. The second kappa shape index (κ2) is 10.1. The van der Waals surface area contributed by atoms with E-state index in [4.69, 9.17) is 19.8 Å². The van der Waals surface area contributed by atoms with E-state index in [2.05, 4.69) is 47.6 Å². The minimum absolute atomic E-state index is 0.0205. The molecule has 44 heavy (non-hydrogen) atoms. The Bertz CT molecular complexity index is 1420. The number of ether oxygens (including phenoxy) is 1. The van der Waals surface area contributed by atoms with Crippen molar-refractivity contribution < 1.29 is 29.3 Å². The normalized spacial score (nSPS) is 41.9. The van der Waals surface area contributed by atoms with Crippen molar-refractivity contribution in [2.75, 3.05) is 6.61 Å². The van der Waals surface area contributed by atoms with Crippen LogP contribution in [0.15, 0.2) is 24.0 Å². The largest absolute Gasteiger partial charge is 0.481 e. The number of esters is 1. The molecule has 0 amide bonds. The topological polar surface area (TPSA) is 127 Å². The summed E-state index contributed by atoms with van der Waals surface area (Å²) in [5.74, 6) is -1.52. The van der Waals surface area contributed by atoms with Gasteiger partial charge >= 0.3 is 17.9 Å². The Kier molecular flexibility index (Phi) is 7.18. The van der Waals surface area contributed by atoms with Gasteiger partial charge in [-0.3, -0.25) is 24.4 Å². The number of nitrogens with zero attached hydrogens (tertiary/aromatic N) is 2. The maximum Gasteiger partial charge on any atom is 0.310 e. The van der Waals surface area contributed by atoms with Crippen molar-refractivity contribution in [1.29, 1.82) is 0 Å². The molecule has 2 N–H and O–H groups in total. The van der Waals surface area contributed by atoms with Crippen LogP contribution in [-0.4, -0.2) is 44.7 Å². The molecule has 5 aliphatic rings. The van der Waals surface area contributed by atoms with Gasteiger partial charge in [-0.1, -0.05) is 53.2 Å². The molecule has 3 saturated carbocycles. The summed E-state index contributed by atoms with van der Waals surface area (Å²) in [4.78, 5) is 46.3. The molecular formula is C36H50N2O6. The van der Waals surface area contributed by atoms with E-state index in [1.54, 1.807) is 12.4 Å². The van der Waals surface area contributed by atoms with Crippen LogP contribution in [0.5, 0.6) is 0 Å². The zero-order valence-electron chi connectivity index (χ0n) is 27.4. The first kappa shape index (κ1) is 31.2. The Balaban J connectivity index is 1.39. The van der Waals surface area contributed by atoms with Crippen molar-refractivity contribution in [3.05, 3.63) is 35.4 Å². The molecule has 0 saturated heterocycles. The zero-order valence-corrected chi connectivity index (χ0v) is 27.4. The van der Waals surface area contributed by atoms with E-state index < -0.39 is 28.7 Å². The first-order valence-electron chi connectivity index (χ1n) is 16.6. The summed E-state index contributed by atoms with van der Waals surface area (Å²) in [5.41, 5.74) is 1.91. The molecule has 0 aromatic carbocycles. The predicted molar refractivity (Wildman–Crippen MR) is 165 cm³/mol. The molecule has 6 rings (SSSR count). The van der Waals surface area contributed by atoms with E-state index in [-0.39, 0.29) is 52.9 Å². The summed E-state index contributed by atoms with van der Waals surface area (Å²) in [5, 5.41) is 19.7. The van der Waals surface area contributed by atoms with Gasteiger partial charge < -0.3 is 14.9 Å². The lowest BCUT2D eigenvalue weighted by Crippen LogP contribution is -2.65. The van der Waals surface area contributed by atoms with Gasteiger partial charge in [0.05, 0.1) is 29.6 Å². The summed E-state index contributed by atoms with van der Waals surface area (Å²) >= 11 is 0. The monoisotopic (exact) mass is 606 g/mol. The maximum absolute atomic E-state index is 13.0. The fraction of sp³-hybridized carbons (Fsp3) is 0.750. The lowest BCUT2D eigenvalue weighted by molar-refractivity contribution is -0.181. The smallest absolute Gasteiger partial charge is 0.310 e. The molecule has 1 aromatic heterocycles. The van der Waals surface area contributed by atoms with Crippen molar-refractivity contribution in [1.82, 2.24) is 9.97 Å². The van der Waals surface area contributed by atoms with Gasteiger partial charge in [-0.25, -0.2) is 0 Å². The molecule has 1 heterocycles. The second-order valence-electron chi connectivity index (χ2n) is 16.7. The molecule has 8 nitrogen and oxygen atoms in total. The summed E-state index contributed by atoms with van der Waals surface area (Å²) in [6, 6.07) is 0. The summed E-state index contributed by atoms with van der Waals surface area (Å²) in [6.07, 6.45) is 13.5. The highest BCUT2D eigenvalue weighted by atomic mass is 16.5. The van der Waals surface area contributed by atoms with E-state index in [1.165, 1.54) is 5.57 Å². The number of fused-ring (bicyclic) bond motifs is 8. The van der Waals surface area contributed by atoms with Gasteiger partial charge in [0.1, 0.15) is 6.61 Å². The summed E-state index contributed by atoms with van der Waals surface area (Å²) < 4.78 is 5.83. The molecule has 0 bridgehead atoms. The van der Waals surface area contributed by atoms with E-state index >= 15 is 0 Å². The Morgan fingerprint density at radius 3 is 2.32 bits per heavy atom. The highest BCUT2D eigenvalue weighted by Crippen LogP contribution is 2.75. The Hall–Kier alpha value is -2.77. The molecule has 0 unspecified atom stereocenters. The maximum atomic E-state index is 13.0. The Labute approximate surface area is 261 Å². The van der Waals surface area contributed by atoms with Crippen molar-refractivity contribution in [2.24, 2.45) is 44.8 Å². The first-order chi connectivity index (χ1) is 20.5. The van der Waals surface area contributed by atoms with Crippen LogP contribution in [0.4, 0.5) is 0 Å². The second-order valence-corrected chi connectivity index (χ2v) is 16.7. The van der Waals surface area contributed by atoms with Crippen LogP contribution in [0.25, 0.3) is 0 Å². The van der Waals surface area contributed by atoms with Gasteiger partial charge in [0.15, 0.2) is 0 Å². The van der Waals surface area contributed by atoms with E-state index in [9.17, 15) is 19.5 Å². The fourth-order valence-electron chi connectivity index (χ4n) is 11.5. The van der Waals surface area contributed by atoms with Crippen molar-refractivity contribution in [3.63, 3.8) is 0 Å². The van der Waals surface area contributed by atoms with Crippen LogP contribution in [0.2, 0.25) is 0 Å². The van der Waals surface area contributed by atoms with Crippen molar-refractivity contribution in [2.45, 2.75) is 118 Å². The number of aromatic nitrogens is 2. The molecule has 8 heteroatoms. The molecular weight excluding hydrogens is 556 g/mol. The van der Waals surface area contributed by atoms with Gasteiger partial charge in [-0.2, -0.15) is 0 Å². The lowest BCUT2D eigenvalue weighted by Gasteiger charge is -2.70. The Morgan fingerprint density at radius 1 is 0.909 bits per heavy atom. The van der Waals surface area contributed by atoms with Crippen LogP contribution in [0, 0.1) is 44.8 Å². The van der Waals surface area contributed by atoms with E-state index in [0.717, 1.165) is 69.2 Å². The lowest BCUT2D eigenvalue weighted by atomic mass is 9.33. The number of carbonyl (C=O) groups is 3. The third kappa shape index (κ3) is 4.32. The first-order valence-corrected chi connectivity index (χ1v) is 16.6. The van der Waals surface area contributed by atoms with Gasteiger partial charge in [0, 0.05) is 17.8 Å². The average Bonchev–Trinajstić information content (AvgIpc) is 2.95. The number of rotatable bonds is 6. The summed E-state index contributed by atoms with van der Waals surface area (Å²) in [6.45, 7) is 14.3. The standard InChI is InChI=1S/C36H50N2O6/c1-31(2)13-15-36(30(42)43)16-14-34(5)22(23(36)19-31)7-8-26-32(3)20-24-29(38-18-17-37-24)33(4,25(32)11-12-35(26,34)6)21-44-28(41)10-9-27(39)40/h7,17-18,23,25-26H,8-16,19-21H2,1-6H3,(H,39,40)(H,42,43)/t23-,25+,26+,32-,33-,34+,35+,36-/m0/s1. The van der Waals surface area contributed by atoms with Crippen LogP contribution in [0.1, 0.15) is 117 Å². The van der Waals surface area contributed by atoms with Gasteiger partial charge in [0.2, 0.25) is 0 Å². The highest BCUT2D eigenvalue weighted by Gasteiger charge is 2.69. The molecule has 3 fully saturated rings. The van der Waals surface area contributed by atoms with Gasteiger partial charge in [-0.15, -0.1) is 0 Å². The SMILES string of the molecule is CC1(C)CC[C@]2(C(=O)O)CC[C@]3(C)C(=CC[C@@H]4[C@@]5(C)Cc6nccnc6[C@@](C)(COC(=O)CCC(=O)O)[C@@H]5CC[C@]43C)[C@@H]2C1. The van der Waals surface area contributed by atoms with Crippen LogP contribution < -0.4 is 0 Å². The third-order valence-corrected chi connectivity index (χ3v) is 14.0. The summed E-state index contributed by atoms with van der Waals surface area (Å²) in [7, 11) is 0. The molecule has 5 aliphatic carbocycles. The van der Waals surface area contributed by atoms with E-state index in [0.29, 0.717) is 5.92 Å². The third-order valence-electron chi connectivity index (χ3n) is 14.0. The minimum Gasteiger partial charge on any atom is -0.481 e. The molecule has 0 aliphatic heterocycles. The number of hydrogen-bond donors (Lipinski definition) is 2. The molecule has 0 radical (unpaired) electrons. The quantitative estimate of drug-likeness (QED) is 0.269. The van der Waals surface area contributed by atoms with Crippen LogP contribution >= 0.6 is 0 Å². The fourth-order valence-corrected chi connectivity index (χ4v) is 11.5.